The molecule has 96 valence electrons. The molecule has 2 aromatic rings. The van der Waals surface area contributed by atoms with Gasteiger partial charge in [-0.1, -0.05) is 0 Å². The van der Waals surface area contributed by atoms with Crippen LogP contribution in [0.25, 0.3) is 0 Å². The lowest BCUT2D eigenvalue weighted by atomic mass is 10.4. The maximum atomic E-state index is 5.45. The predicted octanol–water partition coefficient (Wildman–Crippen LogP) is 2.72. The van der Waals surface area contributed by atoms with Crippen LogP contribution in [0, 0.1) is 6.92 Å². The molecule has 0 aliphatic rings. The molecule has 18 heavy (non-hydrogen) atoms. The van der Waals surface area contributed by atoms with Gasteiger partial charge < -0.3 is 16.4 Å². The summed E-state index contributed by atoms with van der Waals surface area (Å²) in [7, 11) is 0. The number of anilines is 3. The number of nitrogens with two attached hydrogens (primary N) is 1. The fraction of sp³-hybridized carbons (Fsp3) is 0.273. The summed E-state index contributed by atoms with van der Waals surface area (Å²) in [5.74, 6) is 2.28. The number of thiophene rings is 1. The van der Waals surface area contributed by atoms with E-state index in [0.29, 0.717) is 13.1 Å². The number of nitrogens with one attached hydrogen (secondary N) is 2. The molecule has 0 saturated heterocycles. The van der Waals surface area contributed by atoms with Crippen molar-refractivity contribution in [3.05, 3.63) is 27.8 Å². The van der Waals surface area contributed by atoms with Gasteiger partial charge in [-0.25, -0.2) is 9.97 Å². The van der Waals surface area contributed by atoms with E-state index in [1.807, 2.05) is 25.1 Å². The zero-order valence-corrected chi connectivity index (χ0v) is 12.3. The van der Waals surface area contributed by atoms with Gasteiger partial charge in [0.05, 0.1) is 8.79 Å². The summed E-state index contributed by atoms with van der Waals surface area (Å²) in [5, 5.41) is 7.43. The number of rotatable bonds is 5. The van der Waals surface area contributed by atoms with Crippen molar-refractivity contribution in [3.8, 4) is 0 Å². The summed E-state index contributed by atoms with van der Waals surface area (Å²) in [6.45, 7) is 3.13. The van der Waals surface area contributed by atoms with E-state index in [1.165, 1.54) is 0 Å². The molecule has 7 heteroatoms. The monoisotopic (exact) mass is 327 g/mol. The van der Waals surface area contributed by atoms with Crippen LogP contribution >= 0.6 is 27.3 Å². The van der Waals surface area contributed by atoms with Crippen molar-refractivity contribution in [2.45, 2.75) is 6.92 Å². The van der Waals surface area contributed by atoms with Crippen LogP contribution in [0.4, 0.5) is 16.6 Å². The van der Waals surface area contributed by atoms with E-state index in [-0.39, 0.29) is 0 Å². The van der Waals surface area contributed by atoms with Crippen LogP contribution in [0.1, 0.15) is 5.82 Å². The highest BCUT2D eigenvalue weighted by Crippen LogP contribution is 2.29. The second-order valence-electron chi connectivity index (χ2n) is 3.63. The molecule has 2 heterocycles. The molecule has 0 unspecified atom stereocenters. The Labute approximate surface area is 118 Å². The van der Waals surface area contributed by atoms with Crippen molar-refractivity contribution in [2.24, 2.45) is 5.73 Å². The van der Waals surface area contributed by atoms with Gasteiger partial charge in [-0.15, -0.1) is 11.3 Å². The third-order valence-electron chi connectivity index (χ3n) is 2.11. The molecule has 2 aromatic heterocycles. The number of hydrogen-bond acceptors (Lipinski definition) is 6. The smallest absolute Gasteiger partial charge is 0.136 e. The number of nitrogens with zero attached hydrogens (tertiary/aromatic N) is 2. The Balaban J connectivity index is 2.14. The first-order chi connectivity index (χ1) is 8.67. The van der Waals surface area contributed by atoms with Crippen molar-refractivity contribution in [3.63, 3.8) is 0 Å². The predicted molar refractivity (Wildman–Crippen MR) is 79.6 cm³/mol. The summed E-state index contributed by atoms with van der Waals surface area (Å²) in [4.78, 5) is 8.64. The van der Waals surface area contributed by atoms with E-state index in [0.717, 1.165) is 26.2 Å². The summed E-state index contributed by atoms with van der Waals surface area (Å²) in [6, 6.07) is 5.87. The minimum absolute atomic E-state index is 0.573. The van der Waals surface area contributed by atoms with Gasteiger partial charge in [0.2, 0.25) is 0 Å². The maximum Gasteiger partial charge on any atom is 0.136 e. The molecule has 0 fully saturated rings. The van der Waals surface area contributed by atoms with Crippen LogP contribution in [0.2, 0.25) is 0 Å². The van der Waals surface area contributed by atoms with E-state index in [4.69, 9.17) is 5.73 Å². The Hall–Kier alpha value is -1.18. The molecule has 0 saturated carbocycles. The minimum Gasteiger partial charge on any atom is -0.369 e. The van der Waals surface area contributed by atoms with E-state index in [2.05, 4.69) is 36.5 Å². The van der Waals surface area contributed by atoms with E-state index < -0.39 is 0 Å². The SMILES string of the molecule is Cc1nc(NCCN)cc(Nc2ccc(Br)s2)n1. The Morgan fingerprint density at radius 2 is 2.11 bits per heavy atom. The quantitative estimate of drug-likeness (QED) is 0.787. The Bertz CT molecular complexity index is 528. The number of aromatic nitrogens is 2. The highest BCUT2D eigenvalue weighted by atomic mass is 79.9. The van der Waals surface area contributed by atoms with Gasteiger partial charge in [-0.2, -0.15) is 0 Å². The van der Waals surface area contributed by atoms with Crippen LogP contribution in [-0.4, -0.2) is 23.1 Å². The molecule has 0 bridgehead atoms. The first-order valence-corrected chi connectivity index (χ1v) is 7.10. The van der Waals surface area contributed by atoms with Gasteiger partial charge in [0.15, 0.2) is 0 Å². The van der Waals surface area contributed by atoms with Crippen molar-refractivity contribution >= 4 is 43.9 Å². The standard InChI is InChI=1S/C11H14BrN5S/c1-7-15-9(14-5-4-13)6-10(16-7)17-11-3-2-8(12)18-11/h2-3,6H,4-5,13H2,1H3,(H2,14,15,16,17). The molecule has 2 rings (SSSR count). The molecule has 0 atom stereocenters. The molecule has 4 N–H and O–H groups in total. The van der Waals surface area contributed by atoms with Gasteiger partial charge in [-0.3, -0.25) is 0 Å². The minimum atomic E-state index is 0.573. The lowest BCUT2D eigenvalue weighted by molar-refractivity contribution is 0.987. The van der Waals surface area contributed by atoms with Gasteiger partial charge in [0.1, 0.15) is 17.5 Å². The molecule has 0 spiro atoms. The van der Waals surface area contributed by atoms with E-state index >= 15 is 0 Å². The van der Waals surface area contributed by atoms with Gasteiger partial charge in [-0.05, 0) is 35.0 Å². The molecular formula is C11H14BrN5S. The second-order valence-corrected chi connectivity index (χ2v) is 6.09. The summed E-state index contributed by atoms with van der Waals surface area (Å²) < 4.78 is 1.08. The normalized spacial score (nSPS) is 10.4. The van der Waals surface area contributed by atoms with Crippen LogP contribution < -0.4 is 16.4 Å². The summed E-state index contributed by atoms with van der Waals surface area (Å²) in [6.07, 6.45) is 0. The molecule has 0 amide bonds. The van der Waals surface area contributed by atoms with Gasteiger partial charge in [0.25, 0.3) is 0 Å². The van der Waals surface area contributed by atoms with Gasteiger partial charge in [0, 0.05) is 19.2 Å². The summed E-state index contributed by atoms with van der Waals surface area (Å²) in [5.41, 5.74) is 5.45. The molecule has 0 radical (unpaired) electrons. The average molecular weight is 328 g/mol. The highest BCUT2D eigenvalue weighted by Gasteiger charge is 2.03. The zero-order valence-electron chi connectivity index (χ0n) is 9.90. The first kappa shape index (κ1) is 13.3. The molecule has 0 aliphatic carbocycles. The lowest BCUT2D eigenvalue weighted by Crippen LogP contribution is -2.14. The topological polar surface area (TPSA) is 75.9 Å². The molecule has 0 aromatic carbocycles. The second kappa shape index (κ2) is 6.12. The number of aryl methyl sites for hydroxylation is 1. The van der Waals surface area contributed by atoms with Gasteiger partial charge >= 0.3 is 0 Å². The van der Waals surface area contributed by atoms with E-state index in [9.17, 15) is 0 Å². The Morgan fingerprint density at radius 1 is 1.33 bits per heavy atom. The van der Waals surface area contributed by atoms with E-state index in [1.54, 1.807) is 11.3 Å². The zero-order chi connectivity index (χ0) is 13.0. The van der Waals surface area contributed by atoms with Crippen molar-refractivity contribution in [1.29, 1.82) is 0 Å². The number of halogens is 1. The number of hydrogen-bond donors (Lipinski definition) is 3. The molecular weight excluding hydrogens is 314 g/mol. The average Bonchev–Trinajstić information content (AvgIpc) is 2.71. The third-order valence-corrected chi connectivity index (χ3v) is 3.65. The maximum absolute atomic E-state index is 5.45. The lowest BCUT2D eigenvalue weighted by Gasteiger charge is -2.08. The third kappa shape index (κ3) is 3.66. The van der Waals surface area contributed by atoms with Crippen LogP contribution in [0.15, 0.2) is 22.0 Å². The molecule has 0 aliphatic heterocycles. The van der Waals surface area contributed by atoms with Crippen molar-refractivity contribution in [1.82, 2.24) is 9.97 Å². The Morgan fingerprint density at radius 3 is 2.78 bits per heavy atom. The fourth-order valence-corrected chi connectivity index (χ4v) is 2.72. The molecule has 5 nitrogen and oxygen atoms in total. The van der Waals surface area contributed by atoms with Crippen LogP contribution in [0.5, 0.6) is 0 Å². The fourth-order valence-electron chi connectivity index (χ4n) is 1.43. The Kier molecular flexibility index (Phi) is 4.51. The summed E-state index contributed by atoms with van der Waals surface area (Å²) >= 11 is 5.05. The van der Waals surface area contributed by atoms with Crippen LogP contribution in [-0.2, 0) is 0 Å². The first-order valence-electron chi connectivity index (χ1n) is 5.49. The highest BCUT2D eigenvalue weighted by molar-refractivity contribution is 9.11. The van der Waals surface area contributed by atoms with Crippen LogP contribution in [0.3, 0.4) is 0 Å². The van der Waals surface area contributed by atoms with Crippen molar-refractivity contribution < 1.29 is 0 Å². The van der Waals surface area contributed by atoms with Crippen molar-refractivity contribution in [2.75, 3.05) is 23.7 Å². The largest absolute Gasteiger partial charge is 0.369 e.